The Kier molecular flexibility index (Phi) is 10.2. The highest BCUT2D eigenvalue weighted by atomic mass is 35.5. The molecule has 2 aromatic carbocycles. The molecule has 3 rings (SSSR count). The maximum absolute atomic E-state index is 13.4. The maximum Gasteiger partial charge on any atom is 0.243 e. The van der Waals surface area contributed by atoms with Gasteiger partial charge in [0.05, 0.1) is 5.75 Å². The van der Waals surface area contributed by atoms with Gasteiger partial charge >= 0.3 is 0 Å². The number of benzene rings is 2. The lowest BCUT2D eigenvalue weighted by Crippen LogP contribution is -2.51. The maximum atomic E-state index is 13.4. The third kappa shape index (κ3) is 7.54. The van der Waals surface area contributed by atoms with E-state index >= 15 is 0 Å². The third-order valence-electron chi connectivity index (χ3n) is 5.86. The summed E-state index contributed by atoms with van der Waals surface area (Å²) in [6.45, 7) is 2.11. The van der Waals surface area contributed by atoms with Gasteiger partial charge in [-0.25, -0.2) is 0 Å². The molecule has 178 valence electrons. The first-order chi connectivity index (χ1) is 15.9. The summed E-state index contributed by atoms with van der Waals surface area (Å²) in [5.41, 5.74) is 1.70. The normalized spacial score (nSPS) is 14.8. The smallest absolute Gasteiger partial charge is 0.243 e. The molecule has 1 aliphatic carbocycles. The van der Waals surface area contributed by atoms with Crippen LogP contribution in [0.25, 0.3) is 0 Å². The second kappa shape index (κ2) is 12.9. The molecule has 1 unspecified atom stereocenters. The van der Waals surface area contributed by atoms with Gasteiger partial charge in [0.2, 0.25) is 11.8 Å². The van der Waals surface area contributed by atoms with Crippen LogP contribution in [-0.2, 0) is 21.9 Å². The van der Waals surface area contributed by atoms with Crippen molar-refractivity contribution in [1.82, 2.24) is 10.2 Å². The molecular formula is C25H29Cl3N2O2S. The summed E-state index contributed by atoms with van der Waals surface area (Å²) < 4.78 is 0. The Morgan fingerprint density at radius 3 is 2.39 bits per heavy atom. The van der Waals surface area contributed by atoms with Crippen LogP contribution in [-0.4, -0.2) is 34.6 Å². The number of hydrogen-bond donors (Lipinski definition) is 1. The number of nitrogens with one attached hydrogen (secondary N) is 1. The predicted molar refractivity (Wildman–Crippen MR) is 139 cm³/mol. The topological polar surface area (TPSA) is 49.4 Å². The van der Waals surface area contributed by atoms with Crippen molar-refractivity contribution >= 4 is 58.4 Å². The summed E-state index contributed by atoms with van der Waals surface area (Å²) in [7, 11) is 0. The minimum atomic E-state index is -0.586. The van der Waals surface area contributed by atoms with E-state index in [2.05, 4.69) is 5.32 Å². The van der Waals surface area contributed by atoms with Gasteiger partial charge in [-0.1, -0.05) is 72.8 Å². The number of hydrogen-bond acceptors (Lipinski definition) is 3. The molecule has 1 aliphatic rings. The number of halogens is 3. The van der Waals surface area contributed by atoms with Crippen LogP contribution in [0.4, 0.5) is 0 Å². The number of thioether (sulfide) groups is 1. The minimum absolute atomic E-state index is 0.110. The number of amides is 2. The first-order valence-electron chi connectivity index (χ1n) is 11.2. The molecule has 2 aromatic rings. The van der Waals surface area contributed by atoms with Crippen molar-refractivity contribution in [3.05, 3.63) is 68.7 Å². The van der Waals surface area contributed by atoms with E-state index in [9.17, 15) is 9.59 Å². The standard InChI is InChI=1S/C25H29Cl3N2O2S/c1-2-23(25(32)29-19-9-3-4-10-19)30(14-20-21(27)11-6-12-22(20)28)24(31)16-33-15-17-7-5-8-18(26)13-17/h5-8,11-13,19,23H,2-4,9-10,14-16H2,1H3,(H,29,32). The largest absolute Gasteiger partial charge is 0.352 e. The monoisotopic (exact) mass is 526 g/mol. The fourth-order valence-electron chi connectivity index (χ4n) is 4.11. The van der Waals surface area contributed by atoms with Gasteiger partial charge in [0.15, 0.2) is 0 Å². The Labute approximate surface area is 215 Å². The van der Waals surface area contributed by atoms with Crippen molar-refractivity contribution in [2.24, 2.45) is 0 Å². The molecule has 0 spiro atoms. The summed E-state index contributed by atoms with van der Waals surface area (Å²) in [6, 6.07) is 12.5. The van der Waals surface area contributed by atoms with Crippen molar-refractivity contribution in [1.29, 1.82) is 0 Å². The van der Waals surface area contributed by atoms with Gasteiger partial charge in [-0.05, 0) is 49.1 Å². The molecule has 2 amide bonds. The predicted octanol–water partition coefficient (Wildman–Crippen LogP) is 6.75. The Bertz CT molecular complexity index is 946. The summed E-state index contributed by atoms with van der Waals surface area (Å²) in [6.07, 6.45) is 4.73. The molecule has 0 saturated heterocycles. The van der Waals surface area contributed by atoms with Crippen LogP contribution >= 0.6 is 46.6 Å². The highest BCUT2D eigenvalue weighted by molar-refractivity contribution is 7.99. The average molecular weight is 528 g/mol. The van der Waals surface area contributed by atoms with Crippen LogP contribution in [0.5, 0.6) is 0 Å². The van der Waals surface area contributed by atoms with Crippen molar-refractivity contribution in [3.8, 4) is 0 Å². The number of rotatable bonds is 10. The van der Waals surface area contributed by atoms with E-state index in [-0.39, 0.29) is 30.2 Å². The lowest BCUT2D eigenvalue weighted by atomic mass is 10.1. The van der Waals surface area contributed by atoms with E-state index in [1.54, 1.807) is 23.1 Å². The SMILES string of the molecule is CCC(C(=O)NC1CCCC1)N(Cc1c(Cl)cccc1Cl)C(=O)CSCc1cccc(Cl)c1. The molecule has 4 nitrogen and oxygen atoms in total. The summed E-state index contributed by atoms with van der Waals surface area (Å²) in [5, 5.41) is 4.79. The van der Waals surface area contributed by atoms with Crippen molar-refractivity contribution in [2.75, 3.05) is 5.75 Å². The molecule has 1 atom stereocenters. The zero-order valence-electron chi connectivity index (χ0n) is 18.7. The molecule has 0 bridgehead atoms. The van der Waals surface area contributed by atoms with Crippen molar-refractivity contribution in [2.45, 2.75) is 63.4 Å². The molecule has 1 N–H and O–H groups in total. The average Bonchev–Trinajstić information content (AvgIpc) is 3.28. The van der Waals surface area contributed by atoms with Crippen LogP contribution in [0.15, 0.2) is 42.5 Å². The molecule has 0 aromatic heterocycles. The Morgan fingerprint density at radius 2 is 1.76 bits per heavy atom. The zero-order valence-corrected chi connectivity index (χ0v) is 21.7. The number of carbonyl (C=O) groups excluding carboxylic acids is 2. The van der Waals surface area contributed by atoms with Crippen LogP contribution in [0.3, 0.4) is 0 Å². The second-order valence-corrected chi connectivity index (χ2v) is 10.5. The van der Waals surface area contributed by atoms with E-state index in [4.69, 9.17) is 34.8 Å². The fraction of sp³-hybridized carbons (Fsp3) is 0.440. The van der Waals surface area contributed by atoms with Gasteiger partial charge in [-0.2, -0.15) is 0 Å². The molecule has 8 heteroatoms. The molecule has 1 saturated carbocycles. The highest BCUT2D eigenvalue weighted by Crippen LogP contribution is 2.28. The molecule has 0 aliphatic heterocycles. The van der Waals surface area contributed by atoms with Gasteiger partial charge in [0.25, 0.3) is 0 Å². The molecule has 33 heavy (non-hydrogen) atoms. The third-order valence-corrected chi connectivity index (χ3v) is 7.79. The van der Waals surface area contributed by atoms with Crippen LogP contribution < -0.4 is 5.32 Å². The lowest BCUT2D eigenvalue weighted by molar-refractivity contribution is -0.139. The van der Waals surface area contributed by atoms with Crippen LogP contribution in [0.2, 0.25) is 15.1 Å². The van der Waals surface area contributed by atoms with Gasteiger partial charge in [-0.3, -0.25) is 9.59 Å². The highest BCUT2D eigenvalue weighted by Gasteiger charge is 2.31. The Balaban J connectivity index is 1.75. The molecule has 1 fully saturated rings. The quantitative estimate of drug-likeness (QED) is 0.372. The lowest BCUT2D eigenvalue weighted by Gasteiger charge is -2.32. The first-order valence-corrected chi connectivity index (χ1v) is 13.5. The molecule has 0 radical (unpaired) electrons. The fourth-order valence-corrected chi connectivity index (χ4v) is 5.69. The summed E-state index contributed by atoms with van der Waals surface area (Å²) in [4.78, 5) is 28.2. The number of nitrogens with zero attached hydrogens (tertiary/aromatic N) is 1. The Morgan fingerprint density at radius 1 is 1.09 bits per heavy atom. The summed E-state index contributed by atoms with van der Waals surface area (Å²) in [5.74, 6) is 0.659. The second-order valence-electron chi connectivity index (χ2n) is 8.26. The van der Waals surface area contributed by atoms with E-state index in [0.29, 0.717) is 32.8 Å². The number of carbonyl (C=O) groups is 2. The first kappa shape index (κ1) is 26.2. The van der Waals surface area contributed by atoms with Gasteiger partial charge in [-0.15, -0.1) is 11.8 Å². The van der Waals surface area contributed by atoms with E-state index in [1.165, 1.54) is 11.8 Å². The molecule has 0 heterocycles. The van der Waals surface area contributed by atoms with Gasteiger partial charge < -0.3 is 10.2 Å². The van der Waals surface area contributed by atoms with Crippen molar-refractivity contribution < 1.29 is 9.59 Å². The molecular weight excluding hydrogens is 499 g/mol. The van der Waals surface area contributed by atoms with E-state index < -0.39 is 6.04 Å². The van der Waals surface area contributed by atoms with Crippen molar-refractivity contribution in [3.63, 3.8) is 0 Å². The van der Waals surface area contributed by atoms with E-state index in [1.807, 2.05) is 31.2 Å². The van der Waals surface area contributed by atoms with Gasteiger partial charge in [0.1, 0.15) is 6.04 Å². The zero-order chi connectivity index (χ0) is 23.8. The van der Waals surface area contributed by atoms with E-state index in [0.717, 1.165) is 31.2 Å². The minimum Gasteiger partial charge on any atom is -0.352 e. The van der Waals surface area contributed by atoms with Gasteiger partial charge in [0, 0.05) is 39.0 Å². The van der Waals surface area contributed by atoms with Crippen LogP contribution in [0, 0.1) is 0 Å². The Hall–Kier alpha value is -1.40. The summed E-state index contributed by atoms with van der Waals surface area (Å²) >= 11 is 20.4. The van der Waals surface area contributed by atoms with Crippen LogP contribution in [0.1, 0.15) is 50.2 Å².